The van der Waals surface area contributed by atoms with E-state index in [-0.39, 0.29) is 0 Å². The molecule has 1 N–H and O–H groups in total. The lowest BCUT2D eigenvalue weighted by Gasteiger charge is -2.24. The van der Waals surface area contributed by atoms with Crippen LogP contribution in [0.2, 0.25) is 0 Å². The summed E-state index contributed by atoms with van der Waals surface area (Å²) in [5, 5.41) is 4.14. The summed E-state index contributed by atoms with van der Waals surface area (Å²) in [6.07, 6.45) is 13.8. The Labute approximate surface area is 144 Å². The Kier molecular flexibility index (Phi) is 5.37. The van der Waals surface area contributed by atoms with Gasteiger partial charge < -0.3 is 5.32 Å². The third-order valence-corrected chi connectivity index (χ3v) is 5.19. The largest absolute Gasteiger partial charge is 0.368 e. The van der Waals surface area contributed by atoms with Gasteiger partial charge in [-0.3, -0.25) is 4.99 Å². The topological polar surface area (TPSA) is 36.8 Å². The van der Waals surface area contributed by atoms with Crippen molar-refractivity contribution in [1.82, 2.24) is 5.32 Å². The second-order valence-electron chi connectivity index (χ2n) is 6.79. The van der Waals surface area contributed by atoms with E-state index in [4.69, 9.17) is 16.6 Å². The minimum Gasteiger partial charge on any atom is -0.368 e. The fourth-order valence-corrected chi connectivity index (χ4v) is 3.35. The molecule has 0 saturated heterocycles. The van der Waals surface area contributed by atoms with E-state index in [1.165, 1.54) is 44.9 Å². The Morgan fingerprint density at radius 1 is 1.35 bits per heavy atom. The smallest absolute Gasteiger partial charge is 0.119 e. The summed E-state index contributed by atoms with van der Waals surface area (Å²) in [5.41, 5.74) is 3.05. The molecule has 3 nitrogen and oxygen atoms in total. The van der Waals surface area contributed by atoms with Gasteiger partial charge in [0.15, 0.2) is 0 Å². The fraction of sp³-hybridized carbons (Fsp3) is 0.579. The number of nitrogens with zero attached hydrogens (tertiary/aromatic N) is 2. The zero-order valence-corrected chi connectivity index (χ0v) is 14.7. The van der Waals surface area contributed by atoms with E-state index >= 15 is 0 Å². The third-order valence-electron chi connectivity index (χ3n) is 4.80. The van der Waals surface area contributed by atoms with Crippen molar-refractivity contribution in [2.75, 3.05) is 0 Å². The van der Waals surface area contributed by atoms with E-state index in [0.717, 1.165) is 29.3 Å². The zero-order chi connectivity index (χ0) is 16.2. The van der Waals surface area contributed by atoms with Gasteiger partial charge in [0.2, 0.25) is 0 Å². The van der Waals surface area contributed by atoms with E-state index in [1.54, 1.807) is 0 Å². The van der Waals surface area contributed by atoms with Crippen LogP contribution >= 0.6 is 11.6 Å². The zero-order valence-electron chi connectivity index (χ0n) is 13.9. The van der Waals surface area contributed by atoms with Crippen LogP contribution in [-0.4, -0.2) is 18.0 Å². The summed E-state index contributed by atoms with van der Waals surface area (Å²) in [4.78, 5) is 9.13. The summed E-state index contributed by atoms with van der Waals surface area (Å²) in [6.45, 7) is 6.03. The van der Waals surface area contributed by atoms with Crippen molar-refractivity contribution in [3.63, 3.8) is 0 Å². The van der Waals surface area contributed by atoms with Gasteiger partial charge in [-0.1, -0.05) is 43.5 Å². The maximum absolute atomic E-state index is 6.41. The molecule has 0 aromatic carbocycles. The monoisotopic (exact) mass is 331 g/mol. The summed E-state index contributed by atoms with van der Waals surface area (Å²) >= 11 is 6.41. The van der Waals surface area contributed by atoms with Crippen LogP contribution in [0.15, 0.2) is 44.8 Å². The number of hydrogen-bond acceptors (Lipinski definition) is 3. The molecule has 124 valence electrons. The van der Waals surface area contributed by atoms with Crippen LogP contribution < -0.4 is 5.32 Å². The molecule has 1 heterocycles. The highest BCUT2D eigenvalue weighted by molar-refractivity contribution is 6.49. The molecule has 4 heteroatoms. The second-order valence-corrected chi connectivity index (χ2v) is 7.20. The molecule has 0 unspecified atom stereocenters. The molecule has 3 aliphatic rings. The highest BCUT2D eigenvalue weighted by atomic mass is 35.5. The number of hydrogen-bond donors (Lipinski definition) is 1. The van der Waals surface area contributed by atoms with E-state index in [1.807, 2.05) is 19.2 Å². The van der Waals surface area contributed by atoms with Crippen LogP contribution in [0.1, 0.15) is 58.3 Å². The Bertz CT molecular complexity index is 588. The quantitative estimate of drug-likeness (QED) is 0.647. The minimum absolute atomic E-state index is 0.501. The Morgan fingerprint density at radius 2 is 2.09 bits per heavy atom. The number of halogens is 1. The van der Waals surface area contributed by atoms with Gasteiger partial charge in [-0.15, -0.1) is 0 Å². The van der Waals surface area contributed by atoms with Crippen LogP contribution in [0, 0.1) is 5.92 Å². The van der Waals surface area contributed by atoms with Crippen molar-refractivity contribution in [3.05, 3.63) is 34.8 Å². The first-order chi connectivity index (χ1) is 11.2. The molecule has 0 amide bonds. The number of allylic oxidation sites excluding steroid dienone is 4. The molecule has 2 saturated carbocycles. The van der Waals surface area contributed by atoms with E-state index < -0.39 is 0 Å². The number of aliphatic imine (C=N–C) groups is 2. The van der Waals surface area contributed by atoms with Crippen LogP contribution in [0.3, 0.4) is 0 Å². The molecule has 23 heavy (non-hydrogen) atoms. The molecule has 0 atom stereocenters. The molecule has 0 radical (unpaired) electrons. The molecule has 2 aliphatic carbocycles. The van der Waals surface area contributed by atoms with E-state index in [0.29, 0.717) is 16.9 Å². The molecule has 0 spiro atoms. The standard InChI is InChI=1S/C19H26ClN3/c1-3-17(20)19(16-12-21-18(16)11-14-9-10-14)23-13(2)22-15-7-5-4-6-8-15/h3,12,14-15,22H,2,4-11H2,1H3/b17-3+,23-19-. The molecule has 0 aromatic heterocycles. The van der Waals surface area contributed by atoms with Crippen molar-refractivity contribution >= 4 is 23.5 Å². The average molecular weight is 332 g/mol. The van der Waals surface area contributed by atoms with Gasteiger partial charge >= 0.3 is 0 Å². The van der Waals surface area contributed by atoms with Gasteiger partial charge in [-0.25, -0.2) is 4.99 Å². The summed E-state index contributed by atoms with van der Waals surface area (Å²) in [7, 11) is 0. The number of rotatable bonds is 7. The van der Waals surface area contributed by atoms with Gasteiger partial charge in [0.1, 0.15) is 5.82 Å². The van der Waals surface area contributed by atoms with Gasteiger partial charge in [0, 0.05) is 17.8 Å². The molecular weight excluding hydrogens is 306 g/mol. The molecule has 1 aliphatic heterocycles. The normalized spacial score (nSPS) is 23.0. The summed E-state index contributed by atoms with van der Waals surface area (Å²) < 4.78 is 0. The van der Waals surface area contributed by atoms with Crippen molar-refractivity contribution in [2.24, 2.45) is 15.9 Å². The molecule has 3 rings (SSSR count). The Morgan fingerprint density at radius 3 is 2.65 bits per heavy atom. The Balaban J connectivity index is 1.71. The molecular formula is C19H26ClN3. The first-order valence-corrected chi connectivity index (χ1v) is 9.19. The second kappa shape index (κ2) is 7.48. The van der Waals surface area contributed by atoms with Gasteiger partial charge in [-0.05, 0) is 44.9 Å². The first kappa shape index (κ1) is 16.5. The molecule has 0 aromatic rings. The predicted molar refractivity (Wildman–Crippen MR) is 99.1 cm³/mol. The maximum atomic E-state index is 6.41. The summed E-state index contributed by atoms with van der Waals surface area (Å²) in [5.74, 6) is 1.53. The van der Waals surface area contributed by atoms with Crippen LogP contribution in [0.4, 0.5) is 0 Å². The predicted octanol–water partition coefficient (Wildman–Crippen LogP) is 5.10. The molecule has 2 fully saturated rings. The number of nitrogens with one attached hydrogen (secondary N) is 1. The van der Waals surface area contributed by atoms with E-state index in [2.05, 4.69) is 16.9 Å². The van der Waals surface area contributed by atoms with Crippen molar-refractivity contribution in [2.45, 2.75) is 64.3 Å². The third kappa shape index (κ3) is 4.35. The van der Waals surface area contributed by atoms with Crippen molar-refractivity contribution in [1.29, 1.82) is 0 Å². The first-order valence-electron chi connectivity index (χ1n) is 8.81. The van der Waals surface area contributed by atoms with E-state index in [9.17, 15) is 0 Å². The average Bonchev–Trinajstić information content (AvgIpc) is 3.35. The van der Waals surface area contributed by atoms with Crippen LogP contribution in [0.25, 0.3) is 0 Å². The lowest BCUT2D eigenvalue weighted by atomic mass is 9.95. The van der Waals surface area contributed by atoms with Crippen LogP contribution in [0.5, 0.6) is 0 Å². The minimum atomic E-state index is 0.501. The molecule has 0 bridgehead atoms. The van der Waals surface area contributed by atoms with Crippen LogP contribution in [-0.2, 0) is 0 Å². The van der Waals surface area contributed by atoms with Gasteiger partial charge in [-0.2, -0.15) is 0 Å². The lowest BCUT2D eigenvalue weighted by molar-refractivity contribution is 0.396. The van der Waals surface area contributed by atoms with Crippen molar-refractivity contribution in [3.8, 4) is 0 Å². The fourth-order valence-electron chi connectivity index (χ4n) is 3.21. The Hall–Kier alpha value is -1.35. The lowest BCUT2D eigenvalue weighted by Crippen LogP contribution is -2.30. The highest BCUT2D eigenvalue weighted by Gasteiger charge is 2.28. The summed E-state index contributed by atoms with van der Waals surface area (Å²) in [6, 6.07) is 0.501. The van der Waals surface area contributed by atoms with Gasteiger partial charge in [0.25, 0.3) is 0 Å². The van der Waals surface area contributed by atoms with Crippen molar-refractivity contribution < 1.29 is 0 Å². The highest BCUT2D eigenvalue weighted by Crippen LogP contribution is 2.38. The SMILES string of the molecule is C=C(/N=C(C1=C(CC2CC2)N=C1)\C(Cl)=C/C)NC1CCCCC1. The maximum Gasteiger partial charge on any atom is 0.119 e. The van der Waals surface area contributed by atoms with Gasteiger partial charge in [0.05, 0.1) is 16.4 Å².